The van der Waals surface area contributed by atoms with Crippen molar-refractivity contribution >= 4 is 16.7 Å². The van der Waals surface area contributed by atoms with Crippen molar-refractivity contribution in [3.8, 4) is 5.69 Å². The highest BCUT2D eigenvalue weighted by molar-refractivity contribution is 5.89. The summed E-state index contributed by atoms with van der Waals surface area (Å²) in [5, 5.41) is 8.62. The summed E-state index contributed by atoms with van der Waals surface area (Å²) in [6, 6.07) is 14.4. The second kappa shape index (κ2) is 7.94. The summed E-state index contributed by atoms with van der Waals surface area (Å²) >= 11 is 0. The average molecular weight is 401 g/mol. The third-order valence-electron chi connectivity index (χ3n) is 5.39. The predicted molar refractivity (Wildman–Crippen MR) is 116 cm³/mol. The van der Waals surface area contributed by atoms with E-state index >= 15 is 0 Å². The summed E-state index contributed by atoms with van der Waals surface area (Å²) in [5.74, 6) is -0.136. The van der Waals surface area contributed by atoms with Crippen LogP contribution >= 0.6 is 0 Å². The van der Waals surface area contributed by atoms with Crippen LogP contribution in [0.15, 0.2) is 65.7 Å². The Hall–Kier alpha value is -3.74. The van der Waals surface area contributed by atoms with Crippen LogP contribution in [0.4, 0.5) is 0 Å². The number of fused-ring (bicyclic) bond motifs is 1. The Bertz CT molecular complexity index is 1260. The van der Waals surface area contributed by atoms with Gasteiger partial charge in [-0.15, -0.1) is 0 Å². The number of aromatic nitrogens is 4. The SMILES string of the molecule is Cc1c2cnn(-c3ccccc3)c(=O)c2c(C)n1C(C)C(=O)NCc1ccccn1. The lowest BCUT2D eigenvalue weighted by molar-refractivity contribution is -0.124. The molecule has 7 nitrogen and oxygen atoms in total. The molecule has 7 heteroatoms. The summed E-state index contributed by atoms with van der Waals surface area (Å²) in [7, 11) is 0. The summed E-state index contributed by atoms with van der Waals surface area (Å²) in [4.78, 5) is 30.2. The van der Waals surface area contributed by atoms with Crippen LogP contribution < -0.4 is 10.9 Å². The number of rotatable bonds is 5. The minimum absolute atomic E-state index is 0.136. The lowest BCUT2D eigenvalue weighted by Crippen LogP contribution is -2.31. The minimum Gasteiger partial charge on any atom is -0.349 e. The van der Waals surface area contributed by atoms with Gasteiger partial charge in [-0.2, -0.15) is 9.78 Å². The van der Waals surface area contributed by atoms with E-state index in [-0.39, 0.29) is 11.5 Å². The normalized spacial score (nSPS) is 12.1. The maximum atomic E-state index is 13.2. The van der Waals surface area contributed by atoms with Gasteiger partial charge in [0.2, 0.25) is 5.91 Å². The second-order valence-corrected chi connectivity index (χ2v) is 7.24. The molecule has 4 aromatic rings. The third kappa shape index (κ3) is 3.39. The minimum atomic E-state index is -0.481. The Morgan fingerprint density at radius 2 is 1.80 bits per heavy atom. The number of carbonyl (C=O) groups is 1. The molecular weight excluding hydrogens is 378 g/mol. The standard InChI is InChI=1S/C23H23N5O2/c1-15-20-14-26-28(19-10-5-4-6-11-19)23(30)21(20)16(2)27(15)17(3)22(29)25-13-18-9-7-8-12-24-18/h4-12,14,17H,13H2,1-3H3,(H,25,29). The monoisotopic (exact) mass is 401 g/mol. The molecule has 0 aliphatic carbocycles. The number of nitrogens with zero attached hydrogens (tertiary/aromatic N) is 4. The van der Waals surface area contributed by atoms with Crippen molar-refractivity contribution in [1.82, 2.24) is 24.6 Å². The molecule has 1 unspecified atom stereocenters. The number of nitrogens with one attached hydrogen (secondary N) is 1. The van der Waals surface area contributed by atoms with Crippen LogP contribution in [-0.4, -0.2) is 25.2 Å². The van der Waals surface area contributed by atoms with E-state index < -0.39 is 6.04 Å². The second-order valence-electron chi connectivity index (χ2n) is 7.24. The highest BCUT2D eigenvalue weighted by atomic mass is 16.2. The van der Waals surface area contributed by atoms with E-state index in [0.717, 1.165) is 22.5 Å². The van der Waals surface area contributed by atoms with Gasteiger partial charge in [0.05, 0.1) is 29.5 Å². The lowest BCUT2D eigenvalue weighted by Gasteiger charge is -2.18. The molecule has 0 spiro atoms. The van der Waals surface area contributed by atoms with Crippen LogP contribution in [0.5, 0.6) is 0 Å². The van der Waals surface area contributed by atoms with E-state index in [0.29, 0.717) is 17.6 Å². The molecule has 0 fully saturated rings. The number of carbonyl (C=O) groups excluding carboxylic acids is 1. The van der Waals surface area contributed by atoms with Crippen LogP contribution in [0.2, 0.25) is 0 Å². The van der Waals surface area contributed by atoms with Gasteiger partial charge >= 0.3 is 0 Å². The summed E-state index contributed by atoms with van der Waals surface area (Å²) < 4.78 is 3.29. The van der Waals surface area contributed by atoms with Gasteiger partial charge in [-0.1, -0.05) is 24.3 Å². The fraction of sp³-hybridized carbons (Fsp3) is 0.217. The fourth-order valence-corrected chi connectivity index (χ4v) is 3.86. The smallest absolute Gasteiger partial charge is 0.281 e. The number of hydrogen-bond donors (Lipinski definition) is 1. The fourth-order valence-electron chi connectivity index (χ4n) is 3.86. The maximum Gasteiger partial charge on any atom is 0.281 e. The van der Waals surface area contributed by atoms with Gasteiger partial charge in [-0.3, -0.25) is 14.6 Å². The first-order valence-electron chi connectivity index (χ1n) is 9.81. The van der Waals surface area contributed by atoms with Gasteiger partial charge in [-0.05, 0) is 45.0 Å². The third-order valence-corrected chi connectivity index (χ3v) is 5.39. The number of aryl methyl sites for hydroxylation is 2. The van der Waals surface area contributed by atoms with Gasteiger partial charge in [0.1, 0.15) is 6.04 Å². The van der Waals surface area contributed by atoms with Crippen molar-refractivity contribution in [1.29, 1.82) is 0 Å². The van der Waals surface area contributed by atoms with Crippen molar-refractivity contribution in [2.75, 3.05) is 0 Å². The molecule has 4 rings (SSSR count). The van der Waals surface area contributed by atoms with Crippen LogP contribution in [0.25, 0.3) is 16.5 Å². The van der Waals surface area contributed by atoms with Gasteiger partial charge in [0, 0.05) is 23.0 Å². The Labute approximate surface area is 174 Å². The zero-order valence-corrected chi connectivity index (χ0v) is 17.2. The number of benzene rings is 1. The molecule has 0 bridgehead atoms. The van der Waals surface area contributed by atoms with E-state index in [4.69, 9.17) is 0 Å². The quantitative estimate of drug-likeness (QED) is 0.557. The van der Waals surface area contributed by atoms with Crippen LogP contribution in [0.3, 0.4) is 0 Å². The first kappa shape index (κ1) is 19.6. The Morgan fingerprint density at radius 1 is 1.07 bits per heavy atom. The first-order chi connectivity index (χ1) is 14.5. The Balaban J connectivity index is 1.70. The van der Waals surface area contributed by atoms with Gasteiger partial charge in [0.15, 0.2) is 0 Å². The average Bonchev–Trinajstić information content (AvgIpc) is 3.03. The van der Waals surface area contributed by atoms with Crippen molar-refractivity contribution in [3.05, 3.63) is 88.4 Å². The topological polar surface area (TPSA) is 81.8 Å². The summed E-state index contributed by atoms with van der Waals surface area (Å²) in [6.07, 6.45) is 3.39. The Morgan fingerprint density at radius 3 is 2.50 bits per heavy atom. The zero-order valence-electron chi connectivity index (χ0n) is 17.2. The van der Waals surface area contributed by atoms with Crippen LogP contribution in [0.1, 0.15) is 30.0 Å². The number of para-hydroxylation sites is 1. The maximum absolute atomic E-state index is 13.2. The van der Waals surface area contributed by atoms with Crippen molar-refractivity contribution < 1.29 is 4.79 Å². The van der Waals surface area contributed by atoms with Crippen LogP contribution in [0, 0.1) is 13.8 Å². The van der Waals surface area contributed by atoms with Crippen molar-refractivity contribution in [2.24, 2.45) is 0 Å². The van der Waals surface area contributed by atoms with E-state index in [2.05, 4.69) is 15.4 Å². The predicted octanol–water partition coefficient (Wildman–Crippen LogP) is 3.08. The molecule has 3 heterocycles. The molecule has 0 radical (unpaired) electrons. The zero-order chi connectivity index (χ0) is 21.3. The molecule has 0 aliphatic heterocycles. The summed E-state index contributed by atoms with van der Waals surface area (Å²) in [6.45, 7) is 5.96. The number of pyridine rings is 1. The highest BCUT2D eigenvalue weighted by Crippen LogP contribution is 2.26. The molecule has 0 saturated carbocycles. The highest BCUT2D eigenvalue weighted by Gasteiger charge is 2.23. The Kier molecular flexibility index (Phi) is 5.18. The first-order valence-corrected chi connectivity index (χ1v) is 9.81. The van der Waals surface area contributed by atoms with Crippen molar-refractivity contribution in [2.45, 2.75) is 33.4 Å². The lowest BCUT2D eigenvalue weighted by atomic mass is 10.2. The van der Waals surface area contributed by atoms with Gasteiger partial charge in [0.25, 0.3) is 5.56 Å². The van der Waals surface area contributed by atoms with Gasteiger partial charge in [-0.25, -0.2) is 0 Å². The van der Waals surface area contributed by atoms with E-state index in [1.165, 1.54) is 4.68 Å². The molecule has 3 aromatic heterocycles. The number of amides is 1. The molecule has 0 aliphatic rings. The molecule has 0 saturated heterocycles. The van der Waals surface area contributed by atoms with E-state index in [9.17, 15) is 9.59 Å². The molecule has 1 aromatic carbocycles. The van der Waals surface area contributed by atoms with Crippen molar-refractivity contribution in [3.63, 3.8) is 0 Å². The van der Waals surface area contributed by atoms with Gasteiger partial charge < -0.3 is 9.88 Å². The van der Waals surface area contributed by atoms with Crippen LogP contribution in [-0.2, 0) is 11.3 Å². The largest absolute Gasteiger partial charge is 0.349 e. The molecule has 1 amide bonds. The molecular formula is C23H23N5O2. The molecule has 152 valence electrons. The molecule has 1 atom stereocenters. The molecule has 30 heavy (non-hydrogen) atoms. The number of hydrogen-bond acceptors (Lipinski definition) is 4. The van der Waals surface area contributed by atoms with E-state index in [1.54, 1.807) is 12.4 Å². The summed E-state index contributed by atoms with van der Waals surface area (Å²) in [5.41, 5.74) is 2.89. The molecule has 1 N–H and O–H groups in total. The van der Waals surface area contributed by atoms with E-state index in [1.807, 2.05) is 73.9 Å².